The predicted molar refractivity (Wildman–Crippen MR) is 65.2 cm³/mol. The molecule has 0 aliphatic carbocycles. The summed E-state index contributed by atoms with van der Waals surface area (Å²) < 4.78 is 1.81. The molecular weight excluding hydrogens is 216 g/mol. The lowest BCUT2D eigenvalue weighted by Gasteiger charge is -2.10. The summed E-state index contributed by atoms with van der Waals surface area (Å²) in [5.74, 6) is 0. The standard InChI is InChI=1S/C12H16N4O/c1-2-5-16-8-9(6-15-16)12(17)10-7-14-4-3-11(10)13/h3-4,6-8,12,17H,2,5H2,1H3,(H2,13,14). The summed E-state index contributed by atoms with van der Waals surface area (Å²) in [5.41, 5.74) is 7.68. The number of aliphatic hydroxyl groups excluding tert-OH is 1. The van der Waals surface area contributed by atoms with Crippen LogP contribution in [0.15, 0.2) is 30.9 Å². The van der Waals surface area contributed by atoms with Gasteiger partial charge in [0.15, 0.2) is 0 Å². The highest BCUT2D eigenvalue weighted by molar-refractivity contribution is 5.48. The zero-order valence-corrected chi connectivity index (χ0v) is 9.74. The Hall–Kier alpha value is -1.88. The molecule has 2 heterocycles. The van der Waals surface area contributed by atoms with Crippen molar-refractivity contribution in [2.75, 3.05) is 5.73 Å². The maximum absolute atomic E-state index is 10.2. The fraction of sp³-hybridized carbons (Fsp3) is 0.333. The van der Waals surface area contributed by atoms with Crippen LogP contribution in [0.5, 0.6) is 0 Å². The van der Waals surface area contributed by atoms with Crippen LogP contribution in [0, 0.1) is 0 Å². The Morgan fingerprint density at radius 2 is 2.29 bits per heavy atom. The van der Waals surface area contributed by atoms with E-state index in [2.05, 4.69) is 17.0 Å². The molecule has 5 nitrogen and oxygen atoms in total. The topological polar surface area (TPSA) is 77.0 Å². The van der Waals surface area contributed by atoms with Crippen LogP contribution in [-0.4, -0.2) is 19.9 Å². The number of rotatable bonds is 4. The van der Waals surface area contributed by atoms with Crippen LogP contribution < -0.4 is 5.73 Å². The van der Waals surface area contributed by atoms with E-state index in [0.29, 0.717) is 11.3 Å². The number of hydrogen-bond donors (Lipinski definition) is 2. The van der Waals surface area contributed by atoms with Crippen LogP contribution in [0.4, 0.5) is 5.69 Å². The molecule has 1 unspecified atom stereocenters. The van der Waals surface area contributed by atoms with Crippen LogP contribution in [0.25, 0.3) is 0 Å². The molecule has 0 radical (unpaired) electrons. The Labute approximate surface area is 99.9 Å². The maximum atomic E-state index is 10.2. The second kappa shape index (κ2) is 4.97. The van der Waals surface area contributed by atoms with Crippen molar-refractivity contribution in [3.05, 3.63) is 42.0 Å². The summed E-state index contributed by atoms with van der Waals surface area (Å²) in [6.07, 6.45) is 6.91. The quantitative estimate of drug-likeness (QED) is 0.834. The molecule has 2 aromatic heterocycles. The van der Waals surface area contributed by atoms with Gasteiger partial charge in [-0.2, -0.15) is 5.10 Å². The number of nitrogen functional groups attached to an aromatic ring is 1. The zero-order chi connectivity index (χ0) is 12.3. The van der Waals surface area contributed by atoms with Crippen molar-refractivity contribution in [3.63, 3.8) is 0 Å². The first-order valence-corrected chi connectivity index (χ1v) is 5.62. The highest BCUT2D eigenvalue weighted by Gasteiger charge is 2.15. The van der Waals surface area contributed by atoms with E-state index in [1.54, 1.807) is 24.7 Å². The minimum atomic E-state index is -0.769. The van der Waals surface area contributed by atoms with Crippen molar-refractivity contribution >= 4 is 5.69 Å². The molecular formula is C12H16N4O. The summed E-state index contributed by atoms with van der Waals surface area (Å²) in [4.78, 5) is 3.97. The second-order valence-corrected chi connectivity index (χ2v) is 3.94. The molecule has 0 aliphatic heterocycles. The first-order valence-electron chi connectivity index (χ1n) is 5.62. The van der Waals surface area contributed by atoms with Gasteiger partial charge >= 0.3 is 0 Å². The molecule has 0 spiro atoms. The molecule has 1 atom stereocenters. The van der Waals surface area contributed by atoms with Gasteiger partial charge in [0, 0.05) is 41.9 Å². The summed E-state index contributed by atoms with van der Waals surface area (Å²) >= 11 is 0. The summed E-state index contributed by atoms with van der Waals surface area (Å²) in [6.45, 7) is 2.92. The van der Waals surface area contributed by atoms with E-state index in [1.807, 2.05) is 10.9 Å². The van der Waals surface area contributed by atoms with E-state index in [-0.39, 0.29) is 0 Å². The van der Waals surface area contributed by atoms with E-state index in [9.17, 15) is 5.11 Å². The smallest absolute Gasteiger partial charge is 0.111 e. The van der Waals surface area contributed by atoms with Gasteiger partial charge < -0.3 is 10.8 Å². The van der Waals surface area contributed by atoms with Crippen molar-refractivity contribution in [3.8, 4) is 0 Å². The average molecular weight is 232 g/mol. The monoisotopic (exact) mass is 232 g/mol. The van der Waals surface area contributed by atoms with Crippen LogP contribution in [0.1, 0.15) is 30.6 Å². The van der Waals surface area contributed by atoms with E-state index in [1.165, 1.54) is 0 Å². The Kier molecular flexibility index (Phi) is 3.39. The van der Waals surface area contributed by atoms with Crippen molar-refractivity contribution in [2.24, 2.45) is 0 Å². The van der Waals surface area contributed by atoms with Crippen LogP contribution >= 0.6 is 0 Å². The molecule has 17 heavy (non-hydrogen) atoms. The van der Waals surface area contributed by atoms with Gasteiger partial charge in [0.2, 0.25) is 0 Å². The molecule has 0 bridgehead atoms. The number of aliphatic hydroxyl groups is 1. The minimum absolute atomic E-state index is 0.538. The molecule has 5 heteroatoms. The van der Waals surface area contributed by atoms with E-state index in [4.69, 9.17) is 5.73 Å². The average Bonchev–Trinajstić information content (AvgIpc) is 2.78. The number of anilines is 1. The minimum Gasteiger partial charge on any atom is -0.398 e. The SMILES string of the molecule is CCCn1cc(C(O)c2cnccc2N)cn1. The Morgan fingerprint density at radius 1 is 1.47 bits per heavy atom. The first kappa shape index (κ1) is 11.6. The molecule has 0 saturated carbocycles. The molecule has 0 aromatic carbocycles. The number of aryl methyl sites for hydroxylation is 1. The van der Waals surface area contributed by atoms with Crippen molar-refractivity contribution in [1.82, 2.24) is 14.8 Å². The number of nitrogens with zero attached hydrogens (tertiary/aromatic N) is 3. The maximum Gasteiger partial charge on any atom is 0.111 e. The molecule has 2 aromatic rings. The largest absolute Gasteiger partial charge is 0.398 e. The van der Waals surface area contributed by atoms with Crippen LogP contribution in [0.3, 0.4) is 0 Å². The number of nitrogens with two attached hydrogens (primary N) is 1. The highest BCUT2D eigenvalue weighted by atomic mass is 16.3. The number of aromatic nitrogens is 3. The Bertz CT molecular complexity index is 495. The molecule has 90 valence electrons. The highest BCUT2D eigenvalue weighted by Crippen LogP contribution is 2.25. The van der Waals surface area contributed by atoms with Gasteiger partial charge in [-0.05, 0) is 12.5 Å². The fourth-order valence-corrected chi connectivity index (χ4v) is 1.70. The predicted octanol–water partition coefficient (Wildman–Crippen LogP) is 1.35. The summed E-state index contributed by atoms with van der Waals surface area (Å²) in [5, 5.41) is 14.4. The number of pyridine rings is 1. The Morgan fingerprint density at radius 3 is 3.00 bits per heavy atom. The molecule has 0 aliphatic rings. The molecule has 0 saturated heterocycles. The molecule has 2 rings (SSSR count). The van der Waals surface area contributed by atoms with Crippen molar-refractivity contribution in [1.29, 1.82) is 0 Å². The third kappa shape index (κ3) is 2.45. The van der Waals surface area contributed by atoms with Gasteiger partial charge in [0.1, 0.15) is 6.10 Å². The van der Waals surface area contributed by atoms with E-state index in [0.717, 1.165) is 18.5 Å². The lowest BCUT2D eigenvalue weighted by Crippen LogP contribution is -2.03. The third-order valence-electron chi connectivity index (χ3n) is 2.60. The van der Waals surface area contributed by atoms with E-state index >= 15 is 0 Å². The second-order valence-electron chi connectivity index (χ2n) is 3.94. The summed E-state index contributed by atoms with van der Waals surface area (Å²) in [6, 6.07) is 1.68. The van der Waals surface area contributed by atoms with Gasteiger partial charge in [-0.1, -0.05) is 6.92 Å². The first-order chi connectivity index (χ1) is 8.22. The molecule has 0 fully saturated rings. The lowest BCUT2D eigenvalue weighted by molar-refractivity contribution is 0.220. The zero-order valence-electron chi connectivity index (χ0n) is 9.74. The Balaban J connectivity index is 2.24. The van der Waals surface area contributed by atoms with Gasteiger partial charge in [-0.15, -0.1) is 0 Å². The summed E-state index contributed by atoms with van der Waals surface area (Å²) in [7, 11) is 0. The van der Waals surface area contributed by atoms with Crippen molar-refractivity contribution < 1.29 is 5.11 Å². The van der Waals surface area contributed by atoms with Gasteiger partial charge in [-0.3, -0.25) is 9.67 Å². The number of hydrogen-bond acceptors (Lipinski definition) is 4. The van der Waals surface area contributed by atoms with Gasteiger partial charge in [0.05, 0.1) is 6.20 Å². The normalized spacial score (nSPS) is 12.6. The molecule has 0 amide bonds. The fourth-order valence-electron chi connectivity index (χ4n) is 1.70. The van der Waals surface area contributed by atoms with Gasteiger partial charge in [0.25, 0.3) is 0 Å². The lowest BCUT2D eigenvalue weighted by atomic mass is 10.1. The molecule has 3 N–H and O–H groups in total. The van der Waals surface area contributed by atoms with E-state index < -0.39 is 6.10 Å². The third-order valence-corrected chi connectivity index (χ3v) is 2.60. The van der Waals surface area contributed by atoms with Crippen LogP contribution in [-0.2, 0) is 6.54 Å². The van der Waals surface area contributed by atoms with Crippen LogP contribution in [0.2, 0.25) is 0 Å². The van der Waals surface area contributed by atoms with Gasteiger partial charge in [-0.25, -0.2) is 0 Å². The van der Waals surface area contributed by atoms with Crippen molar-refractivity contribution in [2.45, 2.75) is 26.0 Å².